The number of para-hydroxylation sites is 1. The highest BCUT2D eigenvalue weighted by molar-refractivity contribution is 7.92. The first kappa shape index (κ1) is 25.1. The standard InChI is InChI=1S/C27H23ClN2O5S/c1-19-7-8-21(17-26(19)28)30-36(32,33)25-15-13-22(14-16-25)34-18-27(31)29-20-9-11-24(12-10-20)35-23-5-3-2-4-6-23/h2-17,30H,18H2,1H3,(H,29,31). The van der Waals surface area contributed by atoms with E-state index in [1.165, 1.54) is 24.3 Å². The van der Waals surface area contributed by atoms with E-state index in [0.29, 0.717) is 27.9 Å². The first-order valence-corrected chi connectivity index (χ1v) is 12.8. The summed E-state index contributed by atoms with van der Waals surface area (Å²) in [5.41, 5.74) is 1.80. The SMILES string of the molecule is Cc1ccc(NS(=O)(=O)c2ccc(OCC(=O)Nc3ccc(Oc4ccccc4)cc3)cc2)cc1Cl. The molecule has 0 heterocycles. The minimum absolute atomic E-state index is 0.0498. The lowest BCUT2D eigenvalue weighted by Gasteiger charge is -2.11. The van der Waals surface area contributed by atoms with Crippen molar-refractivity contribution in [3.05, 3.63) is 108 Å². The average molecular weight is 523 g/mol. The zero-order valence-electron chi connectivity index (χ0n) is 19.3. The summed E-state index contributed by atoms with van der Waals surface area (Å²) in [5, 5.41) is 3.20. The molecule has 4 aromatic rings. The van der Waals surface area contributed by atoms with Gasteiger partial charge in [0.25, 0.3) is 15.9 Å². The normalized spacial score (nSPS) is 10.9. The Kier molecular flexibility index (Phi) is 7.77. The number of benzene rings is 4. The molecule has 7 nitrogen and oxygen atoms in total. The van der Waals surface area contributed by atoms with Crippen LogP contribution in [0.2, 0.25) is 5.02 Å². The number of carbonyl (C=O) groups excluding carboxylic acids is 1. The van der Waals surface area contributed by atoms with Gasteiger partial charge in [-0.1, -0.05) is 35.9 Å². The third kappa shape index (κ3) is 6.78. The number of hydrogen-bond donors (Lipinski definition) is 2. The summed E-state index contributed by atoms with van der Waals surface area (Å²) in [6.07, 6.45) is 0. The van der Waals surface area contributed by atoms with Crippen LogP contribution in [0.4, 0.5) is 11.4 Å². The van der Waals surface area contributed by atoms with Crippen molar-refractivity contribution in [2.75, 3.05) is 16.6 Å². The molecule has 1 amide bonds. The van der Waals surface area contributed by atoms with Crippen molar-refractivity contribution in [3.63, 3.8) is 0 Å². The van der Waals surface area contributed by atoms with Crippen LogP contribution in [-0.4, -0.2) is 20.9 Å². The predicted octanol–water partition coefficient (Wildman–Crippen LogP) is 6.26. The summed E-state index contributed by atoms with van der Waals surface area (Å²) in [6, 6.07) is 27.0. The van der Waals surface area contributed by atoms with Gasteiger partial charge in [0, 0.05) is 10.7 Å². The Hall–Kier alpha value is -4.01. The molecule has 0 saturated carbocycles. The van der Waals surface area contributed by atoms with Gasteiger partial charge in [-0.3, -0.25) is 9.52 Å². The van der Waals surface area contributed by atoms with Gasteiger partial charge in [0.05, 0.1) is 10.6 Å². The lowest BCUT2D eigenvalue weighted by Crippen LogP contribution is -2.20. The fraction of sp³-hybridized carbons (Fsp3) is 0.0741. The monoisotopic (exact) mass is 522 g/mol. The van der Waals surface area contributed by atoms with E-state index >= 15 is 0 Å². The van der Waals surface area contributed by atoms with Crippen LogP contribution in [0.3, 0.4) is 0 Å². The van der Waals surface area contributed by atoms with Crippen LogP contribution in [-0.2, 0) is 14.8 Å². The number of amides is 1. The molecule has 0 aromatic heterocycles. The Balaban J connectivity index is 1.28. The summed E-state index contributed by atoms with van der Waals surface area (Å²) < 4.78 is 39.0. The molecule has 0 atom stereocenters. The van der Waals surface area contributed by atoms with Crippen molar-refractivity contribution in [3.8, 4) is 17.2 Å². The number of nitrogens with one attached hydrogen (secondary N) is 2. The second-order valence-corrected chi connectivity index (χ2v) is 9.91. The zero-order valence-corrected chi connectivity index (χ0v) is 20.8. The van der Waals surface area contributed by atoms with Gasteiger partial charge in [0.2, 0.25) is 0 Å². The molecule has 0 unspecified atom stereocenters. The summed E-state index contributed by atoms with van der Waals surface area (Å²) >= 11 is 6.07. The van der Waals surface area contributed by atoms with Crippen LogP contribution in [0.1, 0.15) is 5.56 Å². The predicted molar refractivity (Wildman–Crippen MR) is 141 cm³/mol. The molecular formula is C27H23ClN2O5S. The second-order valence-electron chi connectivity index (χ2n) is 7.82. The molecule has 0 saturated heterocycles. The molecule has 184 valence electrons. The highest BCUT2D eigenvalue weighted by Crippen LogP contribution is 2.24. The molecule has 4 rings (SSSR count). The number of aryl methyl sites for hydroxylation is 1. The topological polar surface area (TPSA) is 93.7 Å². The smallest absolute Gasteiger partial charge is 0.262 e. The molecule has 36 heavy (non-hydrogen) atoms. The summed E-state index contributed by atoms with van der Waals surface area (Å²) in [5.74, 6) is 1.36. The molecule has 0 spiro atoms. The maximum atomic E-state index is 12.6. The van der Waals surface area contributed by atoms with Crippen molar-refractivity contribution in [1.82, 2.24) is 0 Å². The molecular weight excluding hydrogens is 500 g/mol. The maximum absolute atomic E-state index is 12.6. The van der Waals surface area contributed by atoms with E-state index in [1.54, 1.807) is 42.5 Å². The molecule has 0 bridgehead atoms. The molecule has 0 aliphatic heterocycles. The molecule has 0 radical (unpaired) electrons. The number of sulfonamides is 1. The van der Waals surface area contributed by atoms with Crippen molar-refractivity contribution in [2.45, 2.75) is 11.8 Å². The number of carbonyl (C=O) groups is 1. The van der Waals surface area contributed by atoms with Crippen LogP contribution in [0, 0.1) is 6.92 Å². The lowest BCUT2D eigenvalue weighted by molar-refractivity contribution is -0.118. The fourth-order valence-electron chi connectivity index (χ4n) is 3.16. The van der Waals surface area contributed by atoms with Gasteiger partial charge < -0.3 is 14.8 Å². The number of halogens is 1. The molecule has 2 N–H and O–H groups in total. The highest BCUT2D eigenvalue weighted by Gasteiger charge is 2.15. The third-order valence-corrected chi connectivity index (χ3v) is 6.85. The van der Waals surface area contributed by atoms with Gasteiger partial charge in [-0.15, -0.1) is 0 Å². The molecule has 4 aromatic carbocycles. The van der Waals surface area contributed by atoms with Crippen LogP contribution < -0.4 is 19.5 Å². The molecule has 9 heteroatoms. The van der Waals surface area contributed by atoms with Crippen LogP contribution in [0.5, 0.6) is 17.2 Å². The van der Waals surface area contributed by atoms with Gasteiger partial charge in [-0.2, -0.15) is 0 Å². The van der Waals surface area contributed by atoms with E-state index in [2.05, 4.69) is 10.0 Å². The van der Waals surface area contributed by atoms with Crippen molar-refractivity contribution in [2.24, 2.45) is 0 Å². The van der Waals surface area contributed by atoms with Crippen molar-refractivity contribution < 1.29 is 22.7 Å². The molecule has 0 fully saturated rings. The summed E-state index contributed by atoms with van der Waals surface area (Å²) in [6.45, 7) is 1.59. The van der Waals surface area contributed by atoms with Gasteiger partial charge in [0.15, 0.2) is 6.61 Å². The number of ether oxygens (including phenoxy) is 2. The summed E-state index contributed by atoms with van der Waals surface area (Å²) in [4.78, 5) is 12.3. The first-order valence-electron chi connectivity index (χ1n) is 10.9. The fourth-order valence-corrected chi connectivity index (χ4v) is 4.39. The average Bonchev–Trinajstić information content (AvgIpc) is 2.87. The number of hydrogen-bond acceptors (Lipinski definition) is 5. The number of rotatable bonds is 9. The second kappa shape index (κ2) is 11.2. The quantitative estimate of drug-likeness (QED) is 0.270. The minimum atomic E-state index is -3.81. The summed E-state index contributed by atoms with van der Waals surface area (Å²) in [7, 11) is -3.81. The van der Waals surface area contributed by atoms with E-state index in [0.717, 1.165) is 11.3 Å². The van der Waals surface area contributed by atoms with Gasteiger partial charge >= 0.3 is 0 Å². The number of anilines is 2. The van der Waals surface area contributed by atoms with Crippen LogP contribution in [0.25, 0.3) is 0 Å². The van der Waals surface area contributed by atoms with Crippen LogP contribution in [0.15, 0.2) is 102 Å². The maximum Gasteiger partial charge on any atom is 0.262 e. The van der Waals surface area contributed by atoms with E-state index in [1.807, 2.05) is 37.3 Å². The van der Waals surface area contributed by atoms with Crippen molar-refractivity contribution >= 4 is 38.9 Å². The van der Waals surface area contributed by atoms with Gasteiger partial charge in [-0.05, 0) is 85.3 Å². The van der Waals surface area contributed by atoms with Gasteiger partial charge in [-0.25, -0.2) is 8.42 Å². The first-order chi connectivity index (χ1) is 17.3. The van der Waals surface area contributed by atoms with E-state index in [4.69, 9.17) is 21.1 Å². The third-order valence-electron chi connectivity index (χ3n) is 5.04. The van der Waals surface area contributed by atoms with E-state index < -0.39 is 10.0 Å². The van der Waals surface area contributed by atoms with Gasteiger partial charge in [0.1, 0.15) is 17.2 Å². The Morgan fingerprint density at radius 2 is 1.42 bits per heavy atom. The molecule has 0 aliphatic carbocycles. The Labute approximate surface area is 214 Å². The zero-order chi connectivity index (χ0) is 25.5. The Morgan fingerprint density at radius 3 is 2.08 bits per heavy atom. The van der Waals surface area contributed by atoms with E-state index in [-0.39, 0.29) is 17.4 Å². The minimum Gasteiger partial charge on any atom is -0.484 e. The van der Waals surface area contributed by atoms with Crippen LogP contribution >= 0.6 is 11.6 Å². The Bertz CT molecular complexity index is 1440. The Morgan fingerprint density at radius 1 is 0.806 bits per heavy atom. The largest absolute Gasteiger partial charge is 0.484 e. The van der Waals surface area contributed by atoms with Crippen molar-refractivity contribution in [1.29, 1.82) is 0 Å². The highest BCUT2D eigenvalue weighted by atomic mass is 35.5. The molecule has 0 aliphatic rings. The van der Waals surface area contributed by atoms with E-state index in [9.17, 15) is 13.2 Å². The lowest BCUT2D eigenvalue weighted by atomic mass is 10.2.